The van der Waals surface area contributed by atoms with Gasteiger partial charge in [-0.1, -0.05) is 49.4 Å². The van der Waals surface area contributed by atoms with E-state index in [1.54, 1.807) is 11.8 Å². The first-order chi connectivity index (χ1) is 16.2. The van der Waals surface area contributed by atoms with Crippen molar-refractivity contribution in [3.8, 4) is 5.69 Å². The zero-order valence-corrected chi connectivity index (χ0v) is 19.7. The molecule has 1 N–H and O–H groups in total. The number of fused-ring (bicyclic) bond motifs is 3. The monoisotopic (exact) mass is 453 g/mol. The van der Waals surface area contributed by atoms with E-state index in [0.29, 0.717) is 6.54 Å². The van der Waals surface area contributed by atoms with Crippen molar-refractivity contribution in [3.05, 3.63) is 114 Å². The average molecular weight is 454 g/mol. The minimum absolute atomic E-state index is 0.109. The number of anilines is 1. The summed E-state index contributed by atoms with van der Waals surface area (Å²) in [5.74, 6) is 0. The molecule has 4 aromatic rings. The second kappa shape index (κ2) is 9.20. The second-order valence-corrected chi connectivity index (χ2v) is 9.10. The molecule has 0 fully saturated rings. The Bertz CT molecular complexity index is 1260. The molecule has 0 aliphatic carbocycles. The van der Waals surface area contributed by atoms with E-state index >= 15 is 0 Å². The molecule has 4 nitrogen and oxygen atoms in total. The van der Waals surface area contributed by atoms with Gasteiger partial charge in [0, 0.05) is 22.5 Å². The van der Waals surface area contributed by atoms with Crippen LogP contribution in [0.2, 0.25) is 0 Å². The number of nitrogens with one attached hydrogen (secondary N) is 1. The predicted molar refractivity (Wildman–Crippen MR) is 136 cm³/mol. The van der Waals surface area contributed by atoms with Crippen LogP contribution in [0, 0.1) is 0 Å². The number of aromatic nitrogens is 1. The largest absolute Gasteiger partial charge is 0.322 e. The van der Waals surface area contributed by atoms with Crippen LogP contribution in [0.5, 0.6) is 0 Å². The van der Waals surface area contributed by atoms with Gasteiger partial charge in [-0.2, -0.15) is 0 Å². The molecule has 0 radical (unpaired) electrons. The number of hydrogen-bond donors (Lipinski definition) is 1. The van der Waals surface area contributed by atoms with E-state index in [1.165, 1.54) is 10.5 Å². The van der Waals surface area contributed by atoms with Gasteiger partial charge in [0.25, 0.3) is 0 Å². The Kier molecular flexibility index (Phi) is 5.97. The van der Waals surface area contributed by atoms with Crippen LogP contribution >= 0.6 is 11.8 Å². The summed E-state index contributed by atoms with van der Waals surface area (Å²) in [4.78, 5) is 16.9. The van der Waals surface area contributed by atoms with Crippen molar-refractivity contribution in [3.63, 3.8) is 0 Å². The first kappa shape index (κ1) is 21.4. The van der Waals surface area contributed by atoms with Crippen LogP contribution in [0.15, 0.2) is 96.0 Å². The lowest BCUT2D eigenvalue weighted by Crippen LogP contribution is -2.37. The molecule has 3 aromatic carbocycles. The van der Waals surface area contributed by atoms with Gasteiger partial charge >= 0.3 is 6.03 Å². The van der Waals surface area contributed by atoms with Crippen molar-refractivity contribution in [1.29, 1.82) is 0 Å². The number of aryl methyl sites for hydroxylation is 1. The zero-order chi connectivity index (χ0) is 22.8. The topological polar surface area (TPSA) is 37.3 Å². The highest BCUT2D eigenvalue weighted by atomic mass is 32.2. The summed E-state index contributed by atoms with van der Waals surface area (Å²) in [5, 5.41) is 3.14. The summed E-state index contributed by atoms with van der Waals surface area (Å²) in [7, 11) is 0. The number of carbonyl (C=O) groups excluding carboxylic acids is 1. The van der Waals surface area contributed by atoms with Crippen LogP contribution in [-0.2, 0) is 13.0 Å². The Hall–Kier alpha value is -3.44. The Morgan fingerprint density at radius 2 is 1.73 bits per heavy atom. The quantitative estimate of drug-likeness (QED) is 0.341. The average Bonchev–Trinajstić information content (AvgIpc) is 3.29. The summed E-state index contributed by atoms with van der Waals surface area (Å²) in [6, 6.07) is 28.8. The second-order valence-electron chi connectivity index (χ2n) is 8.22. The van der Waals surface area contributed by atoms with Gasteiger partial charge in [0.05, 0.1) is 18.3 Å². The van der Waals surface area contributed by atoms with E-state index in [9.17, 15) is 4.79 Å². The lowest BCUT2D eigenvalue weighted by atomic mass is 10.0. The van der Waals surface area contributed by atoms with Crippen molar-refractivity contribution in [2.45, 2.75) is 30.8 Å². The SMILES string of the molecule is CCc1ccc(NC(=O)N2Cc3ccccc3-n3cccc3C2c2ccc(SC)cc2)cc1. The molecule has 5 heteroatoms. The molecule has 2 amide bonds. The van der Waals surface area contributed by atoms with E-state index < -0.39 is 0 Å². The molecular weight excluding hydrogens is 426 g/mol. The molecule has 0 saturated carbocycles. The van der Waals surface area contributed by atoms with Crippen molar-refractivity contribution in [2.75, 3.05) is 11.6 Å². The summed E-state index contributed by atoms with van der Waals surface area (Å²) >= 11 is 1.72. The van der Waals surface area contributed by atoms with Gasteiger partial charge in [0.15, 0.2) is 0 Å². The number of urea groups is 1. The Morgan fingerprint density at radius 3 is 2.45 bits per heavy atom. The van der Waals surface area contributed by atoms with Crippen molar-refractivity contribution < 1.29 is 4.79 Å². The van der Waals surface area contributed by atoms with E-state index in [-0.39, 0.29) is 12.1 Å². The number of thioether (sulfide) groups is 1. The maximum Gasteiger partial charge on any atom is 0.322 e. The maximum absolute atomic E-state index is 13.7. The van der Waals surface area contributed by atoms with E-state index in [0.717, 1.165) is 34.6 Å². The molecule has 1 unspecified atom stereocenters. The summed E-state index contributed by atoms with van der Waals surface area (Å²) in [6.07, 6.45) is 5.14. The molecule has 5 rings (SSSR count). The minimum Gasteiger partial charge on any atom is -0.318 e. The van der Waals surface area contributed by atoms with Crippen LogP contribution in [0.1, 0.15) is 35.3 Å². The zero-order valence-electron chi connectivity index (χ0n) is 18.9. The molecule has 166 valence electrons. The van der Waals surface area contributed by atoms with Crippen molar-refractivity contribution in [2.24, 2.45) is 0 Å². The van der Waals surface area contributed by atoms with Crippen molar-refractivity contribution in [1.82, 2.24) is 9.47 Å². The molecular formula is C28H27N3OS. The molecule has 0 saturated heterocycles. The van der Waals surface area contributed by atoms with E-state index in [2.05, 4.69) is 96.0 Å². The molecule has 0 spiro atoms. The molecule has 0 bridgehead atoms. The Morgan fingerprint density at radius 1 is 0.970 bits per heavy atom. The van der Waals surface area contributed by atoms with Gasteiger partial charge in [-0.05, 0) is 71.8 Å². The summed E-state index contributed by atoms with van der Waals surface area (Å²) < 4.78 is 2.21. The fourth-order valence-electron chi connectivity index (χ4n) is 4.50. The third-order valence-electron chi connectivity index (χ3n) is 6.27. The molecule has 1 atom stereocenters. The predicted octanol–water partition coefficient (Wildman–Crippen LogP) is 6.90. The van der Waals surface area contributed by atoms with Crippen LogP contribution in [-0.4, -0.2) is 21.8 Å². The molecule has 1 aliphatic heterocycles. The number of carbonyl (C=O) groups is 1. The van der Waals surface area contributed by atoms with Gasteiger partial charge in [0.1, 0.15) is 0 Å². The van der Waals surface area contributed by atoms with Gasteiger partial charge in [-0.3, -0.25) is 0 Å². The number of para-hydroxylation sites is 1. The molecule has 1 aliphatic rings. The highest BCUT2D eigenvalue weighted by Gasteiger charge is 2.33. The lowest BCUT2D eigenvalue weighted by Gasteiger charge is -2.31. The summed E-state index contributed by atoms with van der Waals surface area (Å²) in [6.45, 7) is 2.65. The highest BCUT2D eigenvalue weighted by Crippen LogP contribution is 2.37. The molecule has 33 heavy (non-hydrogen) atoms. The molecule has 1 aromatic heterocycles. The van der Waals surface area contributed by atoms with E-state index in [1.807, 2.05) is 23.1 Å². The smallest absolute Gasteiger partial charge is 0.318 e. The van der Waals surface area contributed by atoms with Crippen LogP contribution in [0.3, 0.4) is 0 Å². The third-order valence-corrected chi connectivity index (χ3v) is 7.01. The Balaban J connectivity index is 1.58. The summed E-state index contributed by atoms with van der Waals surface area (Å²) in [5.41, 5.74) is 6.47. The van der Waals surface area contributed by atoms with E-state index in [4.69, 9.17) is 0 Å². The lowest BCUT2D eigenvalue weighted by molar-refractivity contribution is 0.194. The minimum atomic E-state index is -0.210. The first-order valence-corrected chi connectivity index (χ1v) is 12.5. The van der Waals surface area contributed by atoms with Crippen LogP contribution in [0.25, 0.3) is 5.69 Å². The first-order valence-electron chi connectivity index (χ1n) is 11.2. The molecule has 2 heterocycles. The van der Waals surface area contributed by atoms with Gasteiger partial charge < -0.3 is 14.8 Å². The number of benzene rings is 3. The normalized spacial score (nSPS) is 14.8. The standard InChI is InChI=1S/C28H27N3OS/c1-3-20-10-14-23(15-11-20)29-28(32)31-19-22-7-4-5-8-25(22)30-18-6-9-26(30)27(31)21-12-16-24(33-2)17-13-21/h4-18,27H,3,19H2,1-2H3,(H,29,32). The number of nitrogens with zero attached hydrogens (tertiary/aromatic N) is 2. The maximum atomic E-state index is 13.7. The number of amides is 2. The Labute approximate surface area is 199 Å². The van der Waals surface area contributed by atoms with Crippen LogP contribution in [0.4, 0.5) is 10.5 Å². The fraction of sp³-hybridized carbons (Fsp3) is 0.179. The van der Waals surface area contributed by atoms with Gasteiger partial charge in [0.2, 0.25) is 0 Å². The fourth-order valence-corrected chi connectivity index (χ4v) is 4.90. The van der Waals surface area contributed by atoms with Crippen LogP contribution < -0.4 is 5.32 Å². The number of hydrogen-bond acceptors (Lipinski definition) is 2. The number of rotatable bonds is 4. The van der Waals surface area contributed by atoms with Gasteiger partial charge in [-0.25, -0.2) is 4.79 Å². The third kappa shape index (κ3) is 4.16. The van der Waals surface area contributed by atoms with Crippen molar-refractivity contribution >= 4 is 23.5 Å². The highest BCUT2D eigenvalue weighted by molar-refractivity contribution is 7.98. The van der Waals surface area contributed by atoms with Gasteiger partial charge in [-0.15, -0.1) is 11.8 Å².